The number of carboxylic acids is 1. The van der Waals surface area contributed by atoms with Crippen LogP contribution < -0.4 is 10.3 Å². The van der Waals surface area contributed by atoms with Gasteiger partial charge < -0.3 is 9.84 Å². The molecule has 1 aromatic carbocycles. The Labute approximate surface area is 148 Å². The maximum absolute atomic E-state index is 12.6. The fourth-order valence-corrected chi connectivity index (χ4v) is 3.63. The minimum atomic E-state index is -1.03. The second-order valence-electron chi connectivity index (χ2n) is 5.80. The second kappa shape index (κ2) is 7.06. The van der Waals surface area contributed by atoms with Crippen molar-refractivity contribution in [2.45, 2.75) is 26.8 Å². The van der Waals surface area contributed by atoms with Gasteiger partial charge in [0.05, 0.1) is 18.3 Å². The van der Waals surface area contributed by atoms with Crippen molar-refractivity contribution in [2.75, 3.05) is 6.61 Å². The van der Waals surface area contributed by atoms with Gasteiger partial charge >= 0.3 is 5.97 Å². The molecule has 2 aromatic heterocycles. The van der Waals surface area contributed by atoms with Crippen molar-refractivity contribution in [3.8, 4) is 5.75 Å². The molecule has 0 amide bonds. The van der Waals surface area contributed by atoms with Crippen LogP contribution in [-0.4, -0.2) is 27.2 Å². The molecule has 0 aliphatic heterocycles. The Morgan fingerprint density at radius 3 is 2.88 bits per heavy atom. The molecular formula is C18H18N2O4S. The molecule has 0 bridgehead atoms. The molecule has 0 atom stereocenters. The number of aryl methyl sites for hydroxylation is 3. The van der Waals surface area contributed by atoms with Crippen molar-refractivity contribution < 1.29 is 14.6 Å². The number of fused-ring (bicyclic) bond motifs is 1. The summed E-state index contributed by atoms with van der Waals surface area (Å²) in [5, 5.41) is 9.58. The Morgan fingerprint density at radius 1 is 1.36 bits per heavy atom. The molecule has 0 aliphatic rings. The minimum absolute atomic E-state index is 0.167. The first-order chi connectivity index (χ1) is 12.0. The summed E-state index contributed by atoms with van der Waals surface area (Å²) < 4.78 is 7.19. The van der Waals surface area contributed by atoms with Crippen LogP contribution in [0.5, 0.6) is 5.75 Å². The molecule has 3 rings (SSSR count). The predicted molar refractivity (Wildman–Crippen MR) is 96.9 cm³/mol. The van der Waals surface area contributed by atoms with Crippen LogP contribution in [0, 0.1) is 13.8 Å². The van der Waals surface area contributed by atoms with E-state index in [4.69, 9.17) is 4.74 Å². The third-order valence-electron chi connectivity index (χ3n) is 3.91. The number of thiophene rings is 1. The zero-order valence-corrected chi connectivity index (χ0v) is 14.8. The number of hydrogen-bond acceptors (Lipinski definition) is 5. The summed E-state index contributed by atoms with van der Waals surface area (Å²) in [7, 11) is 0. The van der Waals surface area contributed by atoms with Gasteiger partial charge in [-0.3, -0.25) is 9.36 Å². The highest BCUT2D eigenvalue weighted by Crippen LogP contribution is 2.26. The summed E-state index contributed by atoms with van der Waals surface area (Å²) in [6, 6.07) is 7.80. The number of nitrogens with zero attached hydrogens (tertiary/aromatic N) is 2. The molecule has 25 heavy (non-hydrogen) atoms. The predicted octanol–water partition coefficient (Wildman–Crippen LogP) is 3.24. The van der Waals surface area contributed by atoms with Gasteiger partial charge in [-0.2, -0.15) is 0 Å². The lowest BCUT2D eigenvalue weighted by atomic mass is 10.2. The lowest BCUT2D eigenvalue weighted by molar-refractivity contribution is 0.0701. The molecule has 0 saturated heterocycles. The average Bonchev–Trinajstić information content (AvgIpc) is 2.91. The zero-order chi connectivity index (χ0) is 18.0. The summed E-state index contributed by atoms with van der Waals surface area (Å²) in [6.07, 6.45) is 2.12. The van der Waals surface area contributed by atoms with Crippen LogP contribution in [0.2, 0.25) is 0 Å². The van der Waals surface area contributed by atoms with Crippen molar-refractivity contribution >= 4 is 27.5 Å². The van der Waals surface area contributed by atoms with Crippen LogP contribution in [0.4, 0.5) is 0 Å². The average molecular weight is 358 g/mol. The third-order valence-corrected chi connectivity index (χ3v) is 5.10. The summed E-state index contributed by atoms with van der Waals surface area (Å²) >= 11 is 1.03. The fraction of sp³-hybridized carbons (Fsp3) is 0.278. The topological polar surface area (TPSA) is 81.4 Å². The van der Waals surface area contributed by atoms with Gasteiger partial charge in [0.15, 0.2) is 0 Å². The van der Waals surface area contributed by atoms with Crippen LogP contribution in [0.1, 0.15) is 27.2 Å². The summed E-state index contributed by atoms with van der Waals surface area (Å²) in [6.45, 7) is 4.60. The van der Waals surface area contributed by atoms with Gasteiger partial charge in [0.1, 0.15) is 15.5 Å². The number of aromatic nitrogens is 2. The van der Waals surface area contributed by atoms with Gasteiger partial charge in [0, 0.05) is 6.54 Å². The van der Waals surface area contributed by atoms with Gasteiger partial charge in [0.2, 0.25) is 0 Å². The van der Waals surface area contributed by atoms with Gasteiger partial charge in [0.25, 0.3) is 5.56 Å². The summed E-state index contributed by atoms with van der Waals surface area (Å²) in [5.74, 6) is -0.223. The first-order valence-corrected chi connectivity index (χ1v) is 8.70. The monoisotopic (exact) mass is 358 g/mol. The molecular weight excluding hydrogens is 340 g/mol. The van der Waals surface area contributed by atoms with E-state index in [1.165, 1.54) is 10.9 Å². The Bertz CT molecular complexity index is 990. The van der Waals surface area contributed by atoms with Gasteiger partial charge in [-0.15, -0.1) is 11.3 Å². The van der Waals surface area contributed by atoms with Crippen molar-refractivity contribution in [2.24, 2.45) is 0 Å². The van der Waals surface area contributed by atoms with Crippen molar-refractivity contribution in [3.63, 3.8) is 0 Å². The highest BCUT2D eigenvalue weighted by molar-refractivity contribution is 7.20. The molecule has 0 saturated carbocycles. The first kappa shape index (κ1) is 17.2. The highest BCUT2D eigenvalue weighted by Gasteiger charge is 2.18. The van der Waals surface area contributed by atoms with E-state index >= 15 is 0 Å². The molecule has 0 unspecified atom stereocenters. The molecule has 130 valence electrons. The number of carbonyl (C=O) groups is 1. The van der Waals surface area contributed by atoms with Crippen molar-refractivity contribution in [1.29, 1.82) is 0 Å². The Morgan fingerprint density at radius 2 is 2.16 bits per heavy atom. The fourth-order valence-electron chi connectivity index (χ4n) is 2.65. The highest BCUT2D eigenvalue weighted by atomic mass is 32.1. The Kier molecular flexibility index (Phi) is 4.85. The van der Waals surface area contributed by atoms with E-state index in [1.807, 2.05) is 31.2 Å². The van der Waals surface area contributed by atoms with E-state index in [1.54, 1.807) is 6.92 Å². The van der Waals surface area contributed by atoms with Crippen LogP contribution >= 0.6 is 11.3 Å². The van der Waals surface area contributed by atoms with Crippen molar-refractivity contribution in [1.82, 2.24) is 9.55 Å². The number of hydrogen-bond donors (Lipinski definition) is 1. The molecule has 6 nitrogen and oxygen atoms in total. The van der Waals surface area contributed by atoms with Crippen LogP contribution in [0.3, 0.4) is 0 Å². The van der Waals surface area contributed by atoms with Crippen LogP contribution in [0.15, 0.2) is 35.4 Å². The normalized spacial score (nSPS) is 11.0. The number of aromatic carboxylic acids is 1. The first-order valence-electron chi connectivity index (χ1n) is 7.88. The summed E-state index contributed by atoms with van der Waals surface area (Å²) in [4.78, 5) is 28.7. The lowest BCUT2D eigenvalue weighted by Crippen LogP contribution is -2.21. The molecule has 0 aliphatic carbocycles. The van der Waals surface area contributed by atoms with E-state index in [2.05, 4.69) is 4.98 Å². The molecule has 0 fully saturated rings. The maximum Gasteiger partial charge on any atom is 0.346 e. The largest absolute Gasteiger partial charge is 0.494 e. The lowest BCUT2D eigenvalue weighted by Gasteiger charge is -2.08. The van der Waals surface area contributed by atoms with Gasteiger partial charge in [-0.25, -0.2) is 9.78 Å². The van der Waals surface area contributed by atoms with E-state index in [0.717, 1.165) is 22.6 Å². The SMILES string of the molecule is Cc1cccc(OCCCn2cnc3sc(C(=O)O)c(C)c3c2=O)c1. The van der Waals surface area contributed by atoms with E-state index in [9.17, 15) is 14.7 Å². The van der Waals surface area contributed by atoms with E-state index in [-0.39, 0.29) is 10.4 Å². The zero-order valence-electron chi connectivity index (χ0n) is 14.0. The number of ether oxygens (including phenoxy) is 1. The maximum atomic E-state index is 12.6. The molecule has 0 spiro atoms. The third kappa shape index (κ3) is 3.56. The smallest absolute Gasteiger partial charge is 0.346 e. The van der Waals surface area contributed by atoms with Crippen LogP contribution in [0.25, 0.3) is 10.2 Å². The molecule has 0 radical (unpaired) electrons. The molecule has 7 heteroatoms. The molecule has 3 aromatic rings. The van der Waals surface area contributed by atoms with Crippen molar-refractivity contribution in [3.05, 3.63) is 57.0 Å². The minimum Gasteiger partial charge on any atom is -0.494 e. The standard InChI is InChI=1S/C18H18N2O4S/c1-11-5-3-6-13(9-11)24-8-4-7-20-10-19-16-14(17(20)21)12(2)15(25-16)18(22)23/h3,5-6,9-10H,4,7-8H2,1-2H3,(H,22,23). The number of carboxylic acid groups (broad SMARTS) is 1. The molecule has 1 N–H and O–H groups in total. The van der Waals surface area contributed by atoms with E-state index < -0.39 is 5.97 Å². The van der Waals surface area contributed by atoms with Crippen LogP contribution in [-0.2, 0) is 6.54 Å². The van der Waals surface area contributed by atoms with Gasteiger partial charge in [-0.05, 0) is 43.5 Å². The number of rotatable bonds is 6. The Hall–Kier alpha value is -2.67. The Balaban J connectivity index is 1.72. The van der Waals surface area contributed by atoms with E-state index in [0.29, 0.717) is 35.4 Å². The second-order valence-corrected chi connectivity index (χ2v) is 6.80. The quantitative estimate of drug-likeness (QED) is 0.684. The molecule has 2 heterocycles. The van der Waals surface area contributed by atoms with Gasteiger partial charge in [-0.1, -0.05) is 12.1 Å². The summed E-state index contributed by atoms with van der Waals surface area (Å²) in [5.41, 5.74) is 1.41. The number of benzene rings is 1.